The molecule has 64 valence electrons. The third kappa shape index (κ3) is 8.86. The predicted octanol–water partition coefficient (Wildman–Crippen LogP) is 3.15. The van der Waals surface area contributed by atoms with E-state index in [9.17, 15) is 0 Å². The Balaban J connectivity index is 3.37. The van der Waals surface area contributed by atoms with Gasteiger partial charge in [-0.3, -0.25) is 0 Å². The molecule has 0 aliphatic carbocycles. The lowest BCUT2D eigenvalue weighted by Crippen LogP contribution is -1.62. The summed E-state index contributed by atoms with van der Waals surface area (Å²) in [6.07, 6.45) is 7.77. The van der Waals surface area contributed by atoms with E-state index in [1.54, 1.807) is 0 Å². The van der Waals surface area contributed by atoms with E-state index in [-0.39, 0.29) is 0 Å². The third-order valence-corrected chi connectivity index (χ3v) is 1.21. The summed E-state index contributed by atoms with van der Waals surface area (Å²) >= 11 is 0. The van der Waals surface area contributed by atoms with Crippen LogP contribution in [0.1, 0.15) is 39.5 Å². The highest BCUT2D eigenvalue weighted by Gasteiger charge is 1.69. The van der Waals surface area contributed by atoms with Crippen molar-refractivity contribution >= 4 is 0 Å². The summed E-state index contributed by atoms with van der Waals surface area (Å²) in [5.74, 6) is 12.1. The maximum Gasteiger partial charge on any atom is 0.0270 e. The molecule has 0 amide bonds. The van der Waals surface area contributed by atoms with Gasteiger partial charge in [0.2, 0.25) is 0 Å². The van der Waals surface area contributed by atoms with Crippen LogP contribution in [0.4, 0.5) is 0 Å². The molecule has 0 rings (SSSR count). The van der Waals surface area contributed by atoms with Gasteiger partial charge in [0.25, 0.3) is 0 Å². The molecule has 0 atom stereocenters. The molecule has 0 radical (unpaired) electrons. The number of allylic oxidation sites excluding steroid dienone is 2. The van der Waals surface area contributed by atoms with Gasteiger partial charge in [-0.25, -0.2) is 0 Å². The summed E-state index contributed by atoms with van der Waals surface area (Å²) in [4.78, 5) is 0. The fraction of sp³-hybridized carbons (Fsp3) is 0.500. The molecule has 0 aliphatic rings. The summed E-state index contributed by atoms with van der Waals surface area (Å²) in [5.41, 5.74) is 0. The first kappa shape index (κ1) is 10.9. The summed E-state index contributed by atoms with van der Waals surface area (Å²) in [7, 11) is 0. The monoisotopic (exact) mass is 160 g/mol. The van der Waals surface area contributed by atoms with Crippen LogP contribution in [0.5, 0.6) is 0 Å². The van der Waals surface area contributed by atoms with Crippen LogP contribution in [0.25, 0.3) is 0 Å². The maximum atomic E-state index is 3.04. The van der Waals surface area contributed by atoms with Crippen LogP contribution < -0.4 is 0 Å². The Kier molecular flexibility index (Phi) is 8.92. The second kappa shape index (κ2) is 9.86. The first-order valence-corrected chi connectivity index (χ1v) is 4.48. The van der Waals surface area contributed by atoms with Crippen molar-refractivity contribution in [2.24, 2.45) is 0 Å². The summed E-state index contributed by atoms with van der Waals surface area (Å²) < 4.78 is 0. The highest BCUT2D eigenvalue weighted by molar-refractivity contribution is 5.08. The zero-order valence-corrected chi connectivity index (χ0v) is 7.98. The van der Waals surface area contributed by atoms with Crippen LogP contribution in [0.15, 0.2) is 12.2 Å². The van der Waals surface area contributed by atoms with Crippen molar-refractivity contribution in [2.75, 3.05) is 0 Å². The van der Waals surface area contributed by atoms with E-state index in [4.69, 9.17) is 0 Å². The molecule has 0 aromatic carbocycles. The Morgan fingerprint density at radius 3 is 1.50 bits per heavy atom. The van der Waals surface area contributed by atoms with Crippen molar-refractivity contribution in [2.45, 2.75) is 39.5 Å². The van der Waals surface area contributed by atoms with Gasteiger partial charge in [0, 0.05) is 25.7 Å². The van der Waals surface area contributed by atoms with Crippen LogP contribution in [-0.2, 0) is 0 Å². The average molecular weight is 160 g/mol. The van der Waals surface area contributed by atoms with Crippen molar-refractivity contribution in [1.82, 2.24) is 0 Å². The lowest BCUT2D eigenvalue weighted by atomic mass is 10.3. The molecule has 0 heteroatoms. The second-order valence-electron chi connectivity index (χ2n) is 2.29. The van der Waals surface area contributed by atoms with E-state index in [2.05, 4.69) is 49.7 Å². The highest BCUT2D eigenvalue weighted by atomic mass is 13.7. The molecule has 0 nitrogen and oxygen atoms in total. The van der Waals surface area contributed by atoms with Gasteiger partial charge in [-0.05, 0) is 0 Å². The van der Waals surface area contributed by atoms with E-state index in [0.717, 1.165) is 25.7 Å². The molecule has 0 unspecified atom stereocenters. The van der Waals surface area contributed by atoms with Gasteiger partial charge in [-0.15, -0.1) is 11.8 Å². The number of hydrogen-bond acceptors (Lipinski definition) is 0. The Bertz CT molecular complexity index is 198. The van der Waals surface area contributed by atoms with Crippen LogP contribution in [0.3, 0.4) is 0 Å². The molecular weight excluding hydrogens is 144 g/mol. The molecule has 0 bridgehead atoms. The molecule has 0 aromatic heterocycles. The van der Waals surface area contributed by atoms with Gasteiger partial charge in [0.05, 0.1) is 0 Å². The largest absolute Gasteiger partial charge is 0.103 e. The minimum Gasteiger partial charge on any atom is -0.103 e. The normalized spacial score (nSPS) is 8.50. The minimum absolute atomic E-state index is 0.863. The van der Waals surface area contributed by atoms with Gasteiger partial charge in [-0.2, -0.15) is 0 Å². The Morgan fingerprint density at radius 2 is 1.17 bits per heavy atom. The van der Waals surface area contributed by atoms with Crippen molar-refractivity contribution in [3.63, 3.8) is 0 Å². The van der Waals surface area contributed by atoms with E-state index in [1.165, 1.54) is 0 Å². The number of hydrogen-bond donors (Lipinski definition) is 0. The SMILES string of the molecule is CCC#CCC=CCC#CCC. The van der Waals surface area contributed by atoms with Crippen LogP contribution in [0.2, 0.25) is 0 Å². The molecule has 0 N–H and O–H groups in total. The molecule has 0 aromatic rings. The Labute approximate surface area is 76.1 Å². The van der Waals surface area contributed by atoms with Crippen LogP contribution in [-0.4, -0.2) is 0 Å². The molecule has 0 heterocycles. The van der Waals surface area contributed by atoms with Gasteiger partial charge in [0.15, 0.2) is 0 Å². The molecule has 0 aliphatic heterocycles. The lowest BCUT2D eigenvalue weighted by Gasteiger charge is -1.77. The number of rotatable bonds is 2. The van der Waals surface area contributed by atoms with Crippen molar-refractivity contribution < 1.29 is 0 Å². The fourth-order valence-electron chi connectivity index (χ4n) is 0.679. The first-order chi connectivity index (χ1) is 5.91. The Morgan fingerprint density at radius 1 is 0.750 bits per heavy atom. The quantitative estimate of drug-likeness (QED) is 0.430. The lowest BCUT2D eigenvalue weighted by molar-refractivity contribution is 1.26. The van der Waals surface area contributed by atoms with Gasteiger partial charge < -0.3 is 0 Å². The average Bonchev–Trinajstić information content (AvgIpc) is 2.10. The summed E-state index contributed by atoms with van der Waals surface area (Å²) in [6.45, 7) is 4.12. The molecule has 0 fully saturated rings. The smallest absolute Gasteiger partial charge is 0.0270 e. The zero-order valence-electron chi connectivity index (χ0n) is 7.98. The van der Waals surface area contributed by atoms with E-state index in [1.807, 2.05) is 0 Å². The topological polar surface area (TPSA) is 0 Å². The van der Waals surface area contributed by atoms with Gasteiger partial charge in [0.1, 0.15) is 0 Å². The highest BCUT2D eigenvalue weighted by Crippen LogP contribution is 1.85. The van der Waals surface area contributed by atoms with Gasteiger partial charge in [-0.1, -0.05) is 37.8 Å². The first-order valence-electron chi connectivity index (χ1n) is 4.48. The Hall–Kier alpha value is -1.14. The molecule has 0 saturated heterocycles. The zero-order chi connectivity index (χ0) is 9.07. The summed E-state index contributed by atoms with van der Waals surface area (Å²) in [5, 5.41) is 0. The van der Waals surface area contributed by atoms with Crippen molar-refractivity contribution in [3.05, 3.63) is 12.2 Å². The molecule has 0 spiro atoms. The standard InChI is InChI=1S/C12H16/c1-3-5-7-9-11-12-10-8-6-4-2/h11-12H,3-4,9-10H2,1-2H3. The molecular formula is C12H16. The minimum atomic E-state index is 0.863. The maximum absolute atomic E-state index is 3.04. The van der Waals surface area contributed by atoms with Crippen LogP contribution >= 0.6 is 0 Å². The van der Waals surface area contributed by atoms with Gasteiger partial charge >= 0.3 is 0 Å². The predicted molar refractivity (Wildman–Crippen MR) is 54.5 cm³/mol. The van der Waals surface area contributed by atoms with Crippen molar-refractivity contribution in [1.29, 1.82) is 0 Å². The second-order valence-corrected chi connectivity index (χ2v) is 2.29. The van der Waals surface area contributed by atoms with Crippen molar-refractivity contribution in [3.8, 4) is 23.7 Å². The molecule has 0 saturated carbocycles. The van der Waals surface area contributed by atoms with E-state index < -0.39 is 0 Å². The van der Waals surface area contributed by atoms with E-state index >= 15 is 0 Å². The van der Waals surface area contributed by atoms with E-state index in [0.29, 0.717) is 0 Å². The van der Waals surface area contributed by atoms with Crippen LogP contribution in [0, 0.1) is 23.7 Å². The fourth-order valence-corrected chi connectivity index (χ4v) is 0.679. The third-order valence-electron chi connectivity index (χ3n) is 1.21. The summed E-state index contributed by atoms with van der Waals surface area (Å²) in [6, 6.07) is 0. The molecule has 12 heavy (non-hydrogen) atoms.